The molecule has 0 aliphatic rings. The fourth-order valence-electron chi connectivity index (χ4n) is 2.03. The molecule has 0 heterocycles. The third-order valence-electron chi connectivity index (χ3n) is 3.26. The lowest BCUT2D eigenvalue weighted by molar-refractivity contribution is -0.384. The van der Waals surface area contributed by atoms with Crippen LogP contribution in [-0.4, -0.2) is 10.7 Å². The van der Waals surface area contributed by atoms with E-state index >= 15 is 0 Å². The molecule has 0 fully saturated rings. The van der Waals surface area contributed by atoms with E-state index in [0.29, 0.717) is 12.0 Å². The number of carbonyl (C=O) groups excluding carboxylic acids is 1. The summed E-state index contributed by atoms with van der Waals surface area (Å²) in [6.45, 7) is 3.96. The van der Waals surface area contributed by atoms with Crippen molar-refractivity contribution < 1.29 is 9.72 Å². The number of carbonyl (C=O) groups is 1. The second-order valence-corrected chi connectivity index (χ2v) is 4.83. The van der Waals surface area contributed by atoms with Crippen LogP contribution in [0.4, 0.5) is 5.69 Å². The second-order valence-electron chi connectivity index (χ2n) is 4.83. The fraction of sp³-hybridized carbons (Fsp3) is 0.188. The summed E-state index contributed by atoms with van der Waals surface area (Å²) in [5, 5.41) is 10.6. The lowest BCUT2D eigenvalue weighted by Crippen LogP contribution is -2.05. The van der Waals surface area contributed by atoms with Crippen LogP contribution in [0.3, 0.4) is 0 Å². The molecular formula is C16H15NO3. The molecule has 0 N–H and O–H groups in total. The van der Waals surface area contributed by atoms with Gasteiger partial charge in [-0.1, -0.05) is 23.8 Å². The van der Waals surface area contributed by atoms with Crippen molar-refractivity contribution in [1.29, 1.82) is 0 Å². The van der Waals surface area contributed by atoms with Crippen LogP contribution < -0.4 is 0 Å². The number of nitro benzene ring substituents is 1. The van der Waals surface area contributed by atoms with Crippen molar-refractivity contribution in [2.45, 2.75) is 20.3 Å². The zero-order valence-corrected chi connectivity index (χ0v) is 11.4. The average Bonchev–Trinajstić information content (AvgIpc) is 2.43. The Morgan fingerprint density at radius 2 is 1.75 bits per heavy atom. The molecule has 0 unspecified atom stereocenters. The topological polar surface area (TPSA) is 60.2 Å². The van der Waals surface area contributed by atoms with E-state index < -0.39 is 4.92 Å². The van der Waals surface area contributed by atoms with E-state index in [2.05, 4.69) is 0 Å². The van der Waals surface area contributed by atoms with Crippen molar-refractivity contribution in [3.05, 3.63) is 74.8 Å². The number of aryl methyl sites for hydroxylation is 2. The average molecular weight is 269 g/mol. The maximum atomic E-state index is 12.2. The Labute approximate surface area is 117 Å². The Kier molecular flexibility index (Phi) is 3.94. The Bertz CT molecular complexity index is 660. The number of nitrogens with zero attached hydrogens (tertiary/aromatic N) is 1. The second kappa shape index (κ2) is 5.65. The molecule has 4 heteroatoms. The highest BCUT2D eigenvalue weighted by atomic mass is 16.6. The first kappa shape index (κ1) is 13.9. The third kappa shape index (κ3) is 3.09. The third-order valence-corrected chi connectivity index (χ3v) is 3.26. The summed E-state index contributed by atoms with van der Waals surface area (Å²) in [7, 11) is 0. The minimum Gasteiger partial charge on any atom is -0.294 e. The number of rotatable bonds is 4. The van der Waals surface area contributed by atoms with Crippen LogP contribution in [0.25, 0.3) is 0 Å². The monoisotopic (exact) mass is 269 g/mol. The smallest absolute Gasteiger partial charge is 0.269 e. The summed E-state index contributed by atoms with van der Waals surface area (Å²) in [5.41, 5.74) is 3.67. The van der Waals surface area contributed by atoms with Gasteiger partial charge in [-0.25, -0.2) is 0 Å². The van der Waals surface area contributed by atoms with Crippen LogP contribution in [0.2, 0.25) is 0 Å². The number of hydrogen-bond acceptors (Lipinski definition) is 3. The summed E-state index contributed by atoms with van der Waals surface area (Å²) >= 11 is 0. The van der Waals surface area contributed by atoms with Gasteiger partial charge in [-0.3, -0.25) is 14.9 Å². The van der Waals surface area contributed by atoms with Gasteiger partial charge in [0.2, 0.25) is 0 Å². The van der Waals surface area contributed by atoms with E-state index in [1.54, 1.807) is 0 Å². The van der Waals surface area contributed by atoms with Crippen LogP contribution in [0, 0.1) is 24.0 Å². The normalized spacial score (nSPS) is 10.3. The van der Waals surface area contributed by atoms with Crippen LogP contribution >= 0.6 is 0 Å². The van der Waals surface area contributed by atoms with E-state index in [4.69, 9.17) is 0 Å². The van der Waals surface area contributed by atoms with Crippen molar-refractivity contribution in [3.63, 3.8) is 0 Å². The summed E-state index contributed by atoms with van der Waals surface area (Å²) in [5.74, 6) is -0.0337. The largest absolute Gasteiger partial charge is 0.294 e. The highest BCUT2D eigenvalue weighted by molar-refractivity contribution is 5.97. The molecule has 0 radical (unpaired) electrons. The molecule has 0 atom stereocenters. The van der Waals surface area contributed by atoms with E-state index in [9.17, 15) is 14.9 Å². The molecule has 0 saturated carbocycles. The highest BCUT2D eigenvalue weighted by Gasteiger charge is 2.11. The Morgan fingerprint density at radius 3 is 2.35 bits per heavy atom. The highest BCUT2D eigenvalue weighted by Crippen LogP contribution is 2.16. The molecule has 0 bridgehead atoms. The van der Waals surface area contributed by atoms with Crippen LogP contribution in [0.15, 0.2) is 42.5 Å². The molecule has 0 aromatic heterocycles. The molecule has 0 saturated heterocycles. The molecule has 0 aliphatic heterocycles. The maximum Gasteiger partial charge on any atom is 0.269 e. The number of ketones is 1. The zero-order valence-electron chi connectivity index (χ0n) is 11.4. The summed E-state index contributed by atoms with van der Waals surface area (Å²) in [6, 6.07) is 11.7. The predicted octanol–water partition coefficient (Wildman–Crippen LogP) is 3.64. The maximum absolute atomic E-state index is 12.2. The van der Waals surface area contributed by atoms with Crippen molar-refractivity contribution in [3.8, 4) is 0 Å². The fourth-order valence-corrected chi connectivity index (χ4v) is 2.03. The zero-order chi connectivity index (χ0) is 14.7. The Hall–Kier alpha value is -2.49. The first-order valence-corrected chi connectivity index (χ1v) is 6.31. The van der Waals surface area contributed by atoms with Gasteiger partial charge >= 0.3 is 0 Å². The molecule has 102 valence electrons. The van der Waals surface area contributed by atoms with Crippen molar-refractivity contribution in [2.75, 3.05) is 0 Å². The predicted molar refractivity (Wildman–Crippen MR) is 77.0 cm³/mol. The van der Waals surface area contributed by atoms with Gasteiger partial charge in [0.05, 0.1) is 4.92 Å². The molecule has 0 aliphatic carbocycles. The summed E-state index contributed by atoms with van der Waals surface area (Å²) in [4.78, 5) is 22.3. The number of nitro groups is 1. The van der Waals surface area contributed by atoms with Gasteiger partial charge in [0, 0.05) is 24.1 Å². The van der Waals surface area contributed by atoms with Gasteiger partial charge in [-0.2, -0.15) is 0 Å². The number of hydrogen-bond donors (Lipinski definition) is 0. The van der Waals surface area contributed by atoms with E-state index in [1.807, 2.05) is 32.0 Å². The molecule has 2 aromatic rings. The molecule has 2 aromatic carbocycles. The van der Waals surface area contributed by atoms with E-state index in [-0.39, 0.29) is 11.5 Å². The summed E-state index contributed by atoms with van der Waals surface area (Å²) in [6.07, 6.45) is 0.311. The van der Waals surface area contributed by atoms with Crippen LogP contribution in [-0.2, 0) is 6.42 Å². The first-order valence-electron chi connectivity index (χ1n) is 6.31. The van der Waals surface area contributed by atoms with Gasteiger partial charge < -0.3 is 0 Å². The number of benzene rings is 2. The van der Waals surface area contributed by atoms with Gasteiger partial charge in [-0.05, 0) is 37.1 Å². The number of non-ortho nitro benzene ring substituents is 1. The SMILES string of the molecule is Cc1ccc(C)c(CC(=O)c2ccc([N+](=O)[O-])cc2)c1. The Balaban J connectivity index is 2.19. The minimum absolute atomic E-state index is 0.00622. The van der Waals surface area contributed by atoms with Crippen LogP contribution in [0.1, 0.15) is 27.0 Å². The molecule has 2 rings (SSSR count). The molecule has 20 heavy (non-hydrogen) atoms. The van der Waals surface area contributed by atoms with E-state index in [0.717, 1.165) is 16.7 Å². The van der Waals surface area contributed by atoms with Gasteiger partial charge in [0.1, 0.15) is 0 Å². The molecule has 0 amide bonds. The quantitative estimate of drug-likeness (QED) is 0.483. The molecular weight excluding hydrogens is 254 g/mol. The lowest BCUT2D eigenvalue weighted by Gasteiger charge is -2.06. The van der Waals surface area contributed by atoms with Gasteiger partial charge in [-0.15, -0.1) is 0 Å². The molecule has 0 spiro atoms. The summed E-state index contributed by atoms with van der Waals surface area (Å²) < 4.78 is 0. The Morgan fingerprint density at radius 1 is 1.10 bits per heavy atom. The van der Waals surface area contributed by atoms with Gasteiger partial charge in [0.25, 0.3) is 5.69 Å². The van der Waals surface area contributed by atoms with E-state index in [1.165, 1.54) is 24.3 Å². The first-order chi connectivity index (χ1) is 9.47. The van der Waals surface area contributed by atoms with Crippen LogP contribution in [0.5, 0.6) is 0 Å². The van der Waals surface area contributed by atoms with Crippen molar-refractivity contribution in [2.24, 2.45) is 0 Å². The van der Waals surface area contributed by atoms with Crippen molar-refractivity contribution >= 4 is 11.5 Å². The lowest BCUT2D eigenvalue weighted by atomic mass is 9.98. The number of Topliss-reactive ketones (excluding diaryl/α,β-unsaturated/α-hetero) is 1. The molecule has 4 nitrogen and oxygen atoms in total. The minimum atomic E-state index is -0.473. The van der Waals surface area contributed by atoms with Gasteiger partial charge in [0.15, 0.2) is 5.78 Å². The standard InChI is InChI=1S/C16H15NO3/c1-11-3-4-12(2)14(9-11)10-16(18)13-5-7-15(8-6-13)17(19)20/h3-9H,10H2,1-2H3. The van der Waals surface area contributed by atoms with Crippen molar-refractivity contribution in [1.82, 2.24) is 0 Å².